The van der Waals surface area contributed by atoms with Crippen molar-refractivity contribution in [3.63, 3.8) is 0 Å². The van der Waals surface area contributed by atoms with E-state index in [4.69, 9.17) is 10.8 Å². The van der Waals surface area contributed by atoms with Crippen LogP contribution < -0.4 is 5.73 Å². The van der Waals surface area contributed by atoms with Crippen LogP contribution in [0.1, 0.15) is 16.8 Å². The van der Waals surface area contributed by atoms with Crippen molar-refractivity contribution in [3.05, 3.63) is 41.6 Å². The summed E-state index contributed by atoms with van der Waals surface area (Å²) >= 11 is 0. The first kappa shape index (κ1) is 12.4. The molecule has 0 aliphatic rings. The summed E-state index contributed by atoms with van der Waals surface area (Å²) < 4.78 is 0. The molecule has 1 aromatic carbocycles. The van der Waals surface area contributed by atoms with E-state index < -0.39 is 12.0 Å². The Morgan fingerprint density at radius 3 is 2.94 bits per heavy atom. The Labute approximate surface area is 105 Å². The van der Waals surface area contributed by atoms with Crippen molar-refractivity contribution >= 4 is 22.9 Å². The zero-order valence-corrected chi connectivity index (χ0v) is 10.2. The van der Waals surface area contributed by atoms with E-state index in [9.17, 15) is 4.79 Å². The molecule has 0 spiro atoms. The second kappa shape index (κ2) is 4.66. The molecule has 1 aromatic heterocycles. The SMILES string of the molecule is C=Cc1ccc2[nH]c(C)c(CC(N)C(=O)O)c2c1. The molecule has 2 aromatic rings. The fraction of sp³-hybridized carbons (Fsp3) is 0.214. The minimum absolute atomic E-state index is 0.321. The minimum atomic E-state index is -0.983. The maximum absolute atomic E-state index is 10.8. The maximum atomic E-state index is 10.8. The Morgan fingerprint density at radius 1 is 1.61 bits per heavy atom. The van der Waals surface area contributed by atoms with Gasteiger partial charge in [0.25, 0.3) is 0 Å². The van der Waals surface area contributed by atoms with Crippen molar-refractivity contribution < 1.29 is 9.90 Å². The van der Waals surface area contributed by atoms with E-state index in [0.29, 0.717) is 6.42 Å². The van der Waals surface area contributed by atoms with Crippen molar-refractivity contribution in [3.8, 4) is 0 Å². The number of aryl methyl sites for hydroxylation is 1. The quantitative estimate of drug-likeness (QED) is 0.770. The lowest BCUT2D eigenvalue weighted by molar-refractivity contribution is -0.138. The van der Waals surface area contributed by atoms with Crippen LogP contribution in [0.3, 0.4) is 0 Å². The third-order valence-corrected chi connectivity index (χ3v) is 3.12. The molecule has 4 heteroatoms. The van der Waals surface area contributed by atoms with Crippen LogP contribution in [0.4, 0.5) is 0 Å². The number of carboxylic acid groups (broad SMARTS) is 1. The molecule has 0 aliphatic heterocycles. The van der Waals surface area contributed by atoms with Gasteiger partial charge in [-0.15, -0.1) is 0 Å². The maximum Gasteiger partial charge on any atom is 0.320 e. The predicted molar refractivity (Wildman–Crippen MR) is 72.4 cm³/mol. The number of aliphatic carboxylic acids is 1. The number of carbonyl (C=O) groups is 1. The number of nitrogens with two attached hydrogens (primary N) is 1. The molecule has 4 nitrogen and oxygen atoms in total. The molecule has 0 fully saturated rings. The third kappa shape index (κ3) is 2.15. The van der Waals surface area contributed by atoms with Crippen molar-refractivity contribution in [1.82, 2.24) is 4.98 Å². The average Bonchev–Trinajstić information content (AvgIpc) is 2.65. The van der Waals surface area contributed by atoms with Crippen LogP contribution >= 0.6 is 0 Å². The molecule has 2 rings (SSSR count). The van der Waals surface area contributed by atoms with Crippen molar-refractivity contribution in [2.75, 3.05) is 0 Å². The van der Waals surface area contributed by atoms with Crippen molar-refractivity contribution in [2.24, 2.45) is 5.73 Å². The Balaban J connectivity index is 2.51. The molecular formula is C14H16N2O2. The monoisotopic (exact) mass is 244 g/mol. The fourth-order valence-corrected chi connectivity index (χ4v) is 2.10. The van der Waals surface area contributed by atoms with Crippen molar-refractivity contribution in [1.29, 1.82) is 0 Å². The number of rotatable bonds is 4. The van der Waals surface area contributed by atoms with Crippen LogP contribution in [0.15, 0.2) is 24.8 Å². The summed E-state index contributed by atoms with van der Waals surface area (Å²) in [6.07, 6.45) is 2.09. The number of carboxylic acids is 1. The van der Waals surface area contributed by atoms with E-state index in [1.165, 1.54) is 0 Å². The number of aromatic nitrogens is 1. The first-order chi connectivity index (χ1) is 8.52. The second-order valence-electron chi connectivity index (χ2n) is 4.39. The summed E-state index contributed by atoms with van der Waals surface area (Å²) in [5.74, 6) is -0.983. The van der Waals surface area contributed by atoms with Gasteiger partial charge in [0.1, 0.15) is 6.04 Å². The van der Waals surface area contributed by atoms with Crippen LogP contribution in [0.5, 0.6) is 0 Å². The third-order valence-electron chi connectivity index (χ3n) is 3.12. The normalized spacial score (nSPS) is 12.6. The number of nitrogens with one attached hydrogen (secondary N) is 1. The zero-order valence-electron chi connectivity index (χ0n) is 10.2. The van der Waals surface area contributed by atoms with Gasteiger partial charge in [0.15, 0.2) is 0 Å². The largest absolute Gasteiger partial charge is 0.480 e. The standard InChI is InChI=1S/C14H16N2O2/c1-3-9-4-5-13-11(6-9)10(8(2)16-13)7-12(15)14(17)18/h3-6,12,16H,1,7,15H2,2H3,(H,17,18). The van der Waals surface area contributed by atoms with Gasteiger partial charge >= 0.3 is 5.97 Å². The highest BCUT2D eigenvalue weighted by Gasteiger charge is 2.17. The lowest BCUT2D eigenvalue weighted by Crippen LogP contribution is -2.32. The van der Waals surface area contributed by atoms with Crippen LogP contribution in [0.25, 0.3) is 17.0 Å². The highest BCUT2D eigenvalue weighted by molar-refractivity contribution is 5.87. The Morgan fingerprint density at radius 2 is 2.33 bits per heavy atom. The number of hydrogen-bond donors (Lipinski definition) is 3. The highest BCUT2D eigenvalue weighted by atomic mass is 16.4. The van der Waals surface area contributed by atoms with Crippen molar-refractivity contribution in [2.45, 2.75) is 19.4 Å². The van der Waals surface area contributed by atoms with Gasteiger partial charge in [0.05, 0.1) is 0 Å². The molecule has 4 N–H and O–H groups in total. The van der Waals surface area contributed by atoms with Crippen LogP contribution in [-0.2, 0) is 11.2 Å². The average molecular weight is 244 g/mol. The summed E-state index contributed by atoms with van der Waals surface area (Å²) in [6.45, 7) is 5.66. The van der Waals surface area contributed by atoms with E-state index in [0.717, 1.165) is 27.7 Å². The van der Waals surface area contributed by atoms with Gasteiger partial charge in [0, 0.05) is 23.0 Å². The van der Waals surface area contributed by atoms with E-state index in [2.05, 4.69) is 11.6 Å². The lowest BCUT2D eigenvalue weighted by atomic mass is 10.0. The lowest BCUT2D eigenvalue weighted by Gasteiger charge is -2.06. The molecule has 18 heavy (non-hydrogen) atoms. The summed E-state index contributed by atoms with van der Waals surface area (Å²) in [6, 6.07) is 5.05. The molecule has 0 radical (unpaired) electrons. The number of aromatic amines is 1. The smallest absolute Gasteiger partial charge is 0.320 e. The zero-order chi connectivity index (χ0) is 13.3. The molecule has 0 saturated carbocycles. The fourth-order valence-electron chi connectivity index (χ4n) is 2.10. The summed E-state index contributed by atoms with van der Waals surface area (Å²) in [5, 5.41) is 9.91. The summed E-state index contributed by atoms with van der Waals surface area (Å²) in [5.41, 5.74) is 9.52. The van der Waals surface area contributed by atoms with E-state index in [-0.39, 0.29) is 0 Å². The van der Waals surface area contributed by atoms with Gasteiger partial charge < -0.3 is 15.8 Å². The van der Waals surface area contributed by atoms with Gasteiger partial charge in [-0.1, -0.05) is 18.7 Å². The van der Waals surface area contributed by atoms with Gasteiger partial charge in [-0.05, 0) is 30.2 Å². The minimum Gasteiger partial charge on any atom is -0.480 e. The Hall–Kier alpha value is -2.07. The van der Waals surface area contributed by atoms with Gasteiger partial charge in [-0.25, -0.2) is 0 Å². The van der Waals surface area contributed by atoms with Crippen LogP contribution in [0.2, 0.25) is 0 Å². The molecule has 0 amide bonds. The molecular weight excluding hydrogens is 228 g/mol. The number of benzene rings is 1. The van der Waals surface area contributed by atoms with E-state index >= 15 is 0 Å². The number of fused-ring (bicyclic) bond motifs is 1. The van der Waals surface area contributed by atoms with Crippen LogP contribution in [0, 0.1) is 6.92 Å². The highest BCUT2D eigenvalue weighted by Crippen LogP contribution is 2.24. The second-order valence-corrected chi connectivity index (χ2v) is 4.39. The summed E-state index contributed by atoms with van der Waals surface area (Å²) in [4.78, 5) is 14.1. The predicted octanol–water partition coefficient (Wildman–Crippen LogP) is 2.07. The van der Waals surface area contributed by atoms with Crippen LogP contribution in [-0.4, -0.2) is 22.1 Å². The van der Waals surface area contributed by atoms with E-state index in [1.54, 1.807) is 6.08 Å². The number of H-pyrrole nitrogens is 1. The van der Waals surface area contributed by atoms with E-state index in [1.807, 2.05) is 25.1 Å². The molecule has 0 saturated heterocycles. The molecule has 1 atom stereocenters. The van der Waals surface area contributed by atoms with Gasteiger partial charge in [-0.2, -0.15) is 0 Å². The first-order valence-electron chi connectivity index (χ1n) is 5.75. The van der Waals surface area contributed by atoms with Gasteiger partial charge in [-0.3, -0.25) is 4.79 Å². The number of hydrogen-bond acceptors (Lipinski definition) is 2. The Kier molecular flexibility index (Phi) is 3.21. The molecule has 1 unspecified atom stereocenters. The van der Waals surface area contributed by atoms with Gasteiger partial charge in [0.2, 0.25) is 0 Å². The molecule has 1 heterocycles. The topological polar surface area (TPSA) is 79.1 Å². The summed E-state index contributed by atoms with van der Waals surface area (Å²) in [7, 11) is 0. The Bertz CT molecular complexity index is 614. The molecule has 94 valence electrons. The molecule has 0 bridgehead atoms. The molecule has 0 aliphatic carbocycles. The first-order valence-corrected chi connectivity index (χ1v) is 5.75.